The summed E-state index contributed by atoms with van der Waals surface area (Å²) in [6, 6.07) is 6.24. The molecule has 2 amide bonds. The second kappa shape index (κ2) is 10.7. The molecule has 0 spiro atoms. The van der Waals surface area contributed by atoms with E-state index in [1.54, 1.807) is 17.1 Å². The van der Waals surface area contributed by atoms with Crippen molar-refractivity contribution in [2.24, 2.45) is 5.92 Å². The molecule has 1 saturated heterocycles. The van der Waals surface area contributed by atoms with Gasteiger partial charge in [0.2, 0.25) is 11.8 Å². The van der Waals surface area contributed by atoms with Gasteiger partial charge in [-0.1, -0.05) is 64.0 Å². The highest BCUT2D eigenvalue weighted by molar-refractivity contribution is 5.90. The summed E-state index contributed by atoms with van der Waals surface area (Å²) < 4.78 is 6.74. The van der Waals surface area contributed by atoms with Crippen LogP contribution in [-0.4, -0.2) is 55.4 Å². The molecule has 9 nitrogen and oxygen atoms in total. The van der Waals surface area contributed by atoms with Gasteiger partial charge in [0.15, 0.2) is 0 Å². The maximum absolute atomic E-state index is 13.8. The fourth-order valence-electron chi connectivity index (χ4n) is 4.97. The van der Waals surface area contributed by atoms with Gasteiger partial charge in [0, 0.05) is 24.7 Å². The van der Waals surface area contributed by atoms with E-state index in [0.717, 1.165) is 27.9 Å². The zero-order valence-electron chi connectivity index (χ0n) is 23.3. The lowest BCUT2D eigenvalue weighted by Gasteiger charge is -2.30. The fraction of sp³-hybridized carbons (Fsp3) is 0.517. The Morgan fingerprint density at radius 1 is 1.16 bits per heavy atom. The Morgan fingerprint density at radius 2 is 1.84 bits per heavy atom. The normalized spacial score (nSPS) is 19.6. The van der Waals surface area contributed by atoms with Crippen molar-refractivity contribution in [3.63, 3.8) is 0 Å². The summed E-state index contributed by atoms with van der Waals surface area (Å²) >= 11 is 0. The lowest BCUT2D eigenvalue weighted by Crippen LogP contribution is -2.49. The maximum Gasteiger partial charge on any atom is 0.248 e. The van der Waals surface area contributed by atoms with Crippen LogP contribution in [0.15, 0.2) is 47.4 Å². The molecule has 0 bridgehead atoms. The number of amides is 2. The molecule has 1 aliphatic rings. The van der Waals surface area contributed by atoms with Crippen molar-refractivity contribution in [1.29, 1.82) is 0 Å². The summed E-state index contributed by atoms with van der Waals surface area (Å²) in [6.45, 7) is 14.1. The number of hydrogen-bond acceptors (Lipinski definition) is 6. The van der Waals surface area contributed by atoms with Gasteiger partial charge in [-0.25, -0.2) is 0 Å². The highest BCUT2D eigenvalue weighted by Crippen LogP contribution is 2.30. The van der Waals surface area contributed by atoms with Crippen LogP contribution in [0.5, 0.6) is 0 Å². The van der Waals surface area contributed by atoms with Crippen molar-refractivity contribution in [3.8, 4) is 11.1 Å². The van der Waals surface area contributed by atoms with Crippen LogP contribution in [0.25, 0.3) is 11.1 Å². The Hall–Kier alpha value is -3.46. The number of nitrogens with one attached hydrogen (secondary N) is 1. The van der Waals surface area contributed by atoms with Gasteiger partial charge in [-0.05, 0) is 41.9 Å². The Kier molecular flexibility index (Phi) is 7.78. The fourth-order valence-corrected chi connectivity index (χ4v) is 4.97. The van der Waals surface area contributed by atoms with Crippen molar-refractivity contribution in [2.75, 3.05) is 6.54 Å². The van der Waals surface area contributed by atoms with Crippen LogP contribution >= 0.6 is 0 Å². The van der Waals surface area contributed by atoms with E-state index in [1.807, 2.05) is 58.2 Å². The van der Waals surface area contributed by atoms with Crippen molar-refractivity contribution >= 4 is 11.8 Å². The molecule has 3 heterocycles. The summed E-state index contributed by atoms with van der Waals surface area (Å²) in [5, 5.41) is 21.9. The van der Waals surface area contributed by atoms with Crippen LogP contribution in [0.1, 0.15) is 76.9 Å². The average molecular weight is 522 g/mol. The third-order valence-electron chi connectivity index (χ3n) is 7.33. The first-order valence-electron chi connectivity index (χ1n) is 13.2. The number of carbonyl (C=O) groups is 2. The molecule has 9 heteroatoms. The molecule has 204 valence electrons. The minimum absolute atomic E-state index is 0.0526. The number of aliphatic hydroxyl groups excluding tert-OH is 1. The third-order valence-corrected chi connectivity index (χ3v) is 7.33. The van der Waals surface area contributed by atoms with Crippen molar-refractivity contribution in [2.45, 2.75) is 84.5 Å². The summed E-state index contributed by atoms with van der Waals surface area (Å²) in [7, 11) is 0. The van der Waals surface area contributed by atoms with E-state index in [0.29, 0.717) is 0 Å². The van der Waals surface area contributed by atoms with E-state index in [-0.39, 0.29) is 42.2 Å². The molecule has 1 aliphatic heterocycles. The zero-order valence-corrected chi connectivity index (χ0v) is 23.3. The molecule has 1 aromatic carbocycles. The first-order chi connectivity index (χ1) is 17.9. The first kappa shape index (κ1) is 27.6. The Balaban J connectivity index is 1.49. The number of hydrogen-bond donors (Lipinski definition) is 2. The van der Waals surface area contributed by atoms with Gasteiger partial charge in [-0.15, -0.1) is 0 Å². The topological polar surface area (TPSA) is 113 Å². The molecule has 0 radical (unpaired) electrons. The van der Waals surface area contributed by atoms with Crippen molar-refractivity contribution in [3.05, 3.63) is 59.7 Å². The Labute approximate surface area is 224 Å². The highest BCUT2D eigenvalue weighted by Gasteiger charge is 2.43. The summed E-state index contributed by atoms with van der Waals surface area (Å²) in [5.74, 6) is -0.538. The van der Waals surface area contributed by atoms with Crippen LogP contribution in [-0.2, 0) is 15.0 Å². The SMILES string of the molecule is Cc1nocc1-c1ccc([C@H](C)NC(=O)[C@@H]2C[C@@H](O)CN2C(=O)[C@H](C(C)C)n2cc(C(C)(C)C)cn2)cc1. The third kappa shape index (κ3) is 5.67. The first-order valence-corrected chi connectivity index (χ1v) is 13.2. The largest absolute Gasteiger partial charge is 0.391 e. The minimum atomic E-state index is -0.758. The van der Waals surface area contributed by atoms with E-state index in [2.05, 4.69) is 36.3 Å². The minimum Gasteiger partial charge on any atom is -0.391 e. The molecule has 0 saturated carbocycles. The predicted octanol–water partition coefficient (Wildman–Crippen LogP) is 4.18. The number of rotatable bonds is 7. The highest BCUT2D eigenvalue weighted by atomic mass is 16.5. The van der Waals surface area contributed by atoms with Crippen LogP contribution in [0.3, 0.4) is 0 Å². The molecule has 2 N–H and O–H groups in total. The van der Waals surface area contributed by atoms with Gasteiger partial charge in [0.05, 0.1) is 24.0 Å². The molecule has 2 aromatic heterocycles. The van der Waals surface area contributed by atoms with Crippen LogP contribution in [0.4, 0.5) is 0 Å². The lowest BCUT2D eigenvalue weighted by atomic mass is 9.90. The monoisotopic (exact) mass is 521 g/mol. The van der Waals surface area contributed by atoms with Gasteiger partial charge >= 0.3 is 0 Å². The van der Waals surface area contributed by atoms with E-state index in [4.69, 9.17) is 4.52 Å². The summed E-state index contributed by atoms with van der Waals surface area (Å²) in [4.78, 5) is 28.7. The molecule has 4 rings (SSSR count). The number of aliphatic hydroxyl groups is 1. The summed E-state index contributed by atoms with van der Waals surface area (Å²) in [6.07, 6.45) is 4.77. The second-order valence-electron chi connectivity index (χ2n) is 11.7. The summed E-state index contributed by atoms with van der Waals surface area (Å²) in [5.41, 5.74) is 4.58. The maximum atomic E-state index is 13.8. The van der Waals surface area contributed by atoms with E-state index in [1.165, 1.54) is 4.90 Å². The van der Waals surface area contributed by atoms with E-state index < -0.39 is 18.2 Å². The number of aryl methyl sites for hydroxylation is 1. The molecule has 1 fully saturated rings. The molecule has 3 aromatic rings. The number of likely N-dealkylation sites (tertiary alicyclic amines) is 1. The van der Waals surface area contributed by atoms with Gasteiger partial charge in [-0.2, -0.15) is 5.10 Å². The second-order valence-corrected chi connectivity index (χ2v) is 11.7. The Bertz CT molecular complexity index is 1270. The van der Waals surface area contributed by atoms with Crippen LogP contribution in [0, 0.1) is 12.8 Å². The average Bonchev–Trinajstić information content (AvgIpc) is 3.58. The number of benzene rings is 1. The molecule has 0 aliphatic carbocycles. The quantitative estimate of drug-likeness (QED) is 0.482. The van der Waals surface area contributed by atoms with Gasteiger partial charge < -0.3 is 19.8 Å². The van der Waals surface area contributed by atoms with Gasteiger partial charge in [0.25, 0.3) is 0 Å². The lowest BCUT2D eigenvalue weighted by molar-refractivity contribution is -0.142. The molecular formula is C29H39N5O4. The number of nitrogens with zero attached hydrogens (tertiary/aromatic N) is 4. The number of carbonyl (C=O) groups excluding carboxylic acids is 2. The predicted molar refractivity (Wildman–Crippen MR) is 144 cm³/mol. The molecule has 0 unspecified atom stereocenters. The van der Waals surface area contributed by atoms with Crippen molar-refractivity contribution in [1.82, 2.24) is 25.2 Å². The van der Waals surface area contributed by atoms with Crippen LogP contribution in [0.2, 0.25) is 0 Å². The van der Waals surface area contributed by atoms with Gasteiger partial charge in [-0.3, -0.25) is 14.3 Å². The molecule has 4 atom stereocenters. The smallest absolute Gasteiger partial charge is 0.248 e. The van der Waals surface area contributed by atoms with Crippen molar-refractivity contribution < 1.29 is 19.2 Å². The number of aromatic nitrogens is 3. The molecule has 38 heavy (non-hydrogen) atoms. The van der Waals surface area contributed by atoms with E-state index >= 15 is 0 Å². The zero-order chi connectivity index (χ0) is 27.8. The Morgan fingerprint density at radius 3 is 2.39 bits per heavy atom. The van der Waals surface area contributed by atoms with E-state index in [9.17, 15) is 14.7 Å². The standard InChI is InChI=1S/C29H39N5O4/c1-17(2)26(34-14-22(13-30-34)29(5,6)7)28(37)33-15-23(35)12-25(33)27(36)31-18(3)20-8-10-21(11-9-20)24-16-38-32-19(24)4/h8-11,13-14,16-18,23,25-26,35H,12,15H2,1-7H3,(H,31,36)/t18-,23+,25-,26-/m0/s1. The van der Waals surface area contributed by atoms with Crippen LogP contribution < -0.4 is 5.32 Å². The number of β-amino-alcohol motifs (C(OH)–C–C–N with tert-alkyl or cyclic N) is 1. The molecular weight excluding hydrogens is 482 g/mol. The van der Waals surface area contributed by atoms with Gasteiger partial charge in [0.1, 0.15) is 18.3 Å².